The van der Waals surface area contributed by atoms with Gasteiger partial charge in [-0.1, -0.05) is 35.6 Å². The van der Waals surface area contributed by atoms with Gasteiger partial charge in [-0.05, 0) is 67.9 Å². The normalized spacial score (nSPS) is 12.0. The second-order valence-electron chi connectivity index (χ2n) is 7.66. The number of hydrogen-bond donors (Lipinski definition) is 1. The fraction of sp³-hybridized carbons (Fsp3) is 0.160. The maximum atomic E-state index is 12.9. The number of carbonyl (C=O) groups is 2. The first kappa shape index (κ1) is 24.4. The monoisotopic (exact) mass is 509 g/mol. The summed E-state index contributed by atoms with van der Waals surface area (Å²) in [6.07, 6.45) is 0. The van der Waals surface area contributed by atoms with Gasteiger partial charge in [-0.2, -0.15) is 4.99 Å². The summed E-state index contributed by atoms with van der Waals surface area (Å²) in [7, 11) is -3.74. The van der Waals surface area contributed by atoms with Crippen LogP contribution < -0.4 is 9.52 Å². The lowest BCUT2D eigenvalue weighted by atomic mass is 10.2. The molecule has 0 fully saturated rings. The summed E-state index contributed by atoms with van der Waals surface area (Å²) < 4.78 is 35.1. The van der Waals surface area contributed by atoms with E-state index in [2.05, 4.69) is 9.71 Å². The number of hydrogen-bond acceptors (Lipinski definition) is 6. The number of ether oxygens (including phenoxy) is 1. The van der Waals surface area contributed by atoms with Crippen molar-refractivity contribution in [3.05, 3.63) is 88.7 Å². The fourth-order valence-corrected chi connectivity index (χ4v) is 5.61. The van der Waals surface area contributed by atoms with Crippen LogP contribution in [0.25, 0.3) is 10.2 Å². The van der Waals surface area contributed by atoms with Gasteiger partial charge in [0.1, 0.15) is 6.54 Å². The van der Waals surface area contributed by atoms with Gasteiger partial charge in [0.05, 0.1) is 21.7 Å². The maximum absolute atomic E-state index is 12.9. The number of aryl methyl sites for hydroxylation is 1. The summed E-state index contributed by atoms with van der Waals surface area (Å²) in [6, 6.07) is 19.8. The highest BCUT2D eigenvalue weighted by molar-refractivity contribution is 7.92. The molecule has 0 aliphatic carbocycles. The third-order valence-corrected chi connectivity index (χ3v) is 7.50. The van der Waals surface area contributed by atoms with Crippen molar-refractivity contribution in [2.45, 2.75) is 25.3 Å². The highest BCUT2D eigenvalue weighted by Gasteiger charge is 2.15. The molecule has 0 aliphatic heterocycles. The van der Waals surface area contributed by atoms with Crippen molar-refractivity contribution in [2.24, 2.45) is 4.99 Å². The lowest BCUT2D eigenvalue weighted by Gasteiger charge is -2.08. The smallest absolute Gasteiger partial charge is 0.326 e. The molecule has 0 aliphatic rings. The Morgan fingerprint density at radius 3 is 2.43 bits per heavy atom. The molecule has 0 bridgehead atoms. The maximum Gasteiger partial charge on any atom is 0.326 e. The molecule has 0 spiro atoms. The Hall–Kier alpha value is -3.76. The van der Waals surface area contributed by atoms with Crippen molar-refractivity contribution in [1.82, 2.24) is 4.57 Å². The first-order valence-electron chi connectivity index (χ1n) is 10.8. The van der Waals surface area contributed by atoms with Gasteiger partial charge in [-0.3, -0.25) is 14.3 Å². The van der Waals surface area contributed by atoms with Crippen LogP contribution in [0.3, 0.4) is 0 Å². The minimum Gasteiger partial charge on any atom is -0.465 e. The minimum absolute atomic E-state index is 0.0663. The summed E-state index contributed by atoms with van der Waals surface area (Å²) in [6.45, 7) is 3.88. The number of aromatic nitrogens is 1. The molecule has 4 aromatic rings. The third kappa shape index (κ3) is 5.67. The predicted octanol–water partition coefficient (Wildman–Crippen LogP) is 4.12. The highest BCUT2D eigenvalue weighted by Crippen LogP contribution is 2.20. The van der Waals surface area contributed by atoms with E-state index in [-0.39, 0.29) is 23.6 Å². The van der Waals surface area contributed by atoms with Gasteiger partial charge in [0.25, 0.3) is 15.9 Å². The van der Waals surface area contributed by atoms with E-state index in [1.54, 1.807) is 29.7 Å². The van der Waals surface area contributed by atoms with Gasteiger partial charge < -0.3 is 9.30 Å². The topological polar surface area (TPSA) is 107 Å². The van der Waals surface area contributed by atoms with Crippen LogP contribution in [0, 0.1) is 6.92 Å². The second kappa shape index (κ2) is 10.2. The molecule has 3 aromatic carbocycles. The molecule has 1 amide bonds. The molecule has 1 aromatic heterocycles. The van der Waals surface area contributed by atoms with Gasteiger partial charge in [-0.25, -0.2) is 8.42 Å². The fourth-order valence-electron chi connectivity index (χ4n) is 3.40. The van der Waals surface area contributed by atoms with Crippen molar-refractivity contribution in [3.63, 3.8) is 0 Å². The Morgan fingerprint density at radius 2 is 1.74 bits per heavy atom. The van der Waals surface area contributed by atoms with Gasteiger partial charge >= 0.3 is 5.97 Å². The third-order valence-electron chi connectivity index (χ3n) is 5.07. The molecule has 10 heteroatoms. The first-order valence-corrected chi connectivity index (χ1v) is 13.1. The number of thiazole rings is 1. The van der Waals surface area contributed by atoms with Gasteiger partial charge in [-0.15, -0.1) is 0 Å². The molecular formula is C25H23N3O5S2. The highest BCUT2D eigenvalue weighted by atomic mass is 32.2. The van der Waals surface area contributed by atoms with Crippen molar-refractivity contribution in [1.29, 1.82) is 0 Å². The minimum atomic E-state index is -3.74. The van der Waals surface area contributed by atoms with Crippen LogP contribution in [0.15, 0.2) is 82.7 Å². The Labute approximate surface area is 206 Å². The molecule has 1 N–H and O–H groups in total. The standard InChI is InChI=1S/C25H23N3O5S2/c1-3-33-23(29)16-28-21-14-9-17(2)15-22(21)34-25(28)26-24(30)18-10-12-19(13-11-18)27-35(31,32)20-7-5-4-6-8-20/h4-15,27H,3,16H2,1-2H3. The zero-order chi connectivity index (χ0) is 25.0. The van der Waals surface area contributed by atoms with Crippen molar-refractivity contribution in [3.8, 4) is 0 Å². The lowest BCUT2D eigenvalue weighted by molar-refractivity contribution is -0.143. The van der Waals surface area contributed by atoms with Crippen LogP contribution in [0.1, 0.15) is 22.8 Å². The number of fused-ring (bicyclic) bond motifs is 1. The molecule has 8 nitrogen and oxygen atoms in total. The molecule has 4 rings (SSSR count). The van der Waals surface area contributed by atoms with Crippen LogP contribution in [0.5, 0.6) is 0 Å². The molecule has 35 heavy (non-hydrogen) atoms. The summed E-state index contributed by atoms with van der Waals surface area (Å²) >= 11 is 1.31. The molecule has 0 radical (unpaired) electrons. The van der Waals surface area contributed by atoms with Crippen LogP contribution >= 0.6 is 11.3 Å². The Balaban J connectivity index is 1.62. The Kier molecular flexibility index (Phi) is 7.13. The largest absolute Gasteiger partial charge is 0.465 e. The van der Waals surface area contributed by atoms with E-state index in [1.165, 1.54) is 47.7 Å². The van der Waals surface area contributed by atoms with E-state index in [1.807, 2.05) is 25.1 Å². The van der Waals surface area contributed by atoms with Gasteiger partial charge in [0.15, 0.2) is 4.80 Å². The molecule has 0 saturated carbocycles. The van der Waals surface area contributed by atoms with Gasteiger partial charge in [0.2, 0.25) is 0 Å². The van der Waals surface area contributed by atoms with E-state index in [4.69, 9.17) is 4.74 Å². The second-order valence-corrected chi connectivity index (χ2v) is 10.4. The molecular weight excluding hydrogens is 486 g/mol. The number of benzene rings is 3. The summed E-state index contributed by atoms with van der Waals surface area (Å²) in [5.41, 5.74) is 2.43. The van der Waals surface area contributed by atoms with E-state index in [0.717, 1.165) is 15.8 Å². The number of sulfonamides is 1. The van der Waals surface area contributed by atoms with E-state index < -0.39 is 21.9 Å². The van der Waals surface area contributed by atoms with Crippen LogP contribution in [0.4, 0.5) is 5.69 Å². The van der Waals surface area contributed by atoms with E-state index >= 15 is 0 Å². The van der Waals surface area contributed by atoms with E-state index in [0.29, 0.717) is 10.5 Å². The van der Waals surface area contributed by atoms with Crippen LogP contribution in [0.2, 0.25) is 0 Å². The van der Waals surface area contributed by atoms with Crippen molar-refractivity contribution >= 4 is 49.1 Å². The number of rotatable bonds is 7. The number of nitrogens with one attached hydrogen (secondary N) is 1. The first-order chi connectivity index (χ1) is 16.8. The summed E-state index contributed by atoms with van der Waals surface area (Å²) in [4.78, 5) is 29.8. The Bertz CT molecular complexity index is 1550. The van der Waals surface area contributed by atoms with Crippen molar-refractivity contribution in [2.75, 3.05) is 11.3 Å². The quantitative estimate of drug-likeness (QED) is 0.377. The molecule has 0 unspecified atom stereocenters. The average Bonchev–Trinajstić information content (AvgIpc) is 3.15. The van der Waals surface area contributed by atoms with Crippen LogP contribution in [-0.2, 0) is 26.1 Å². The Morgan fingerprint density at radius 1 is 1.03 bits per heavy atom. The molecule has 0 saturated heterocycles. The van der Waals surface area contributed by atoms with E-state index in [9.17, 15) is 18.0 Å². The molecule has 1 heterocycles. The lowest BCUT2D eigenvalue weighted by Crippen LogP contribution is -2.23. The zero-order valence-corrected chi connectivity index (χ0v) is 20.7. The summed E-state index contributed by atoms with van der Waals surface area (Å²) in [5.74, 6) is -0.930. The SMILES string of the molecule is CCOC(=O)Cn1c(=NC(=O)c2ccc(NS(=O)(=O)c3ccccc3)cc2)sc2cc(C)ccc21. The summed E-state index contributed by atoms with van der Waals surface area (Å²) in [5, 5.41) is 0. The zero-order valence-electron chi connectivity index (χ0n) is 19.1. The number of nitrogens with zero attached hydrogens (tertiary/aromatic N) is 2. The molecule has 180 valence electrons. The number of carbonyl (C=O) groups excluding carboxylic acids is 2. The van der Waals surface area contributed by atoms with Gasteiger partial charge in [0, 0.05) is 11.3 Å². The number of anilines is 1. The van der Waals surface area contributed by atoms with Crippen LogP contribution in [-0.4, -0.2) is 31.5 Å². The molecule has 0 atom stereocenters. The predicted molar refractivity (Wildman–Crippen MR) is 135 cm³/mol. The number of amides is 1. The van der Waals surface area contributed by atoms with Crippen molar-refractivity contribution < 1.29 is 22.7 Å². The number of esters is 1. The average molecular weight is 510 g/mol.